The van der Waals surface area contributed by atoms with Gasteiger partial charge in [0.15, 0.2) is 0 Å². The van der Waals surface area contributed by atoms with Crippen LogP contribution in [0, 0.1) is 6.92 Å². The average molecular weight is 262 g/mol. The predicted molar refractivity (Wildman–Crippen MR) is 70.8 cm³/mol. The van der Waals surface area contributed by atoms with Crippen LogP contribution in [0.5, 0.6) is 0 Å². The van der Waals surface area contributed by atoms with Crippen LogP contribution in [-0.2, 0) is 11.3 Å². The largest absolute Gasteiger partial charge is 0.480 e. The van der Waals surface area contributed by atoms with E-state index < -0.39 is 17.4 Å². The summed E-state index contributed by atoms with van der Waals surface area (Å²) in [5, 5.41) is 12.3. The molecule has 1 aliphatic carbocycles. The number of nitrogens with two attached hydrogens (primary N) is 1. The smallest absolute Gasteiger partial charge is 0.323 e. The highest BCUT2D eigenvalue weighted by molar-refractivity contribution is 5.93. The lowest BCUT2D eigenvalue weighted by Crippen LogP contribution is -2.56. The maximum atomic E-state index is 11.2. The number of benzene rings is 1. The van der Waals surface area contributed by atoms with Crippen LogP contribution in [0.2, 0.25) is 0 Å². The van der Waals surface area contributed by atoms with E-state index in [0.29, 0.717) is 24.9 Å². The van der Waals surface area contributed by atoms with Crippen molar-refractivity contribution in [1.29, 1.82) is 0 Å². The van der Waals surface area contributed by atoms with Gasteiger partial charge in [-0.1, -0.05) is 6.07 Å². The van der Waals surface area contributed by atoms with Gasteiger partial charge in [0.25, 0.3) is 0 Å². The topological polar surface area (TPSA) is 92.4 Å². The average Bonchev–Trinajstić information content (AvgIpc) is 2.28. The zero-order valence-corrected chi connectivity index (χ0v) is 10.9. The Kier molecular flexibility index (Phi) is 3.57. The number of aliphatic carboxylic acids is 1. The summed E-state index contributed by atoms with van der Waals surface area (Å²) in [6.07, 6.45) is 2.28. The first-order valence-corrected chi connectivity index (χ1v) is 6.32. The molecule has 1 amide bonds. The Morgan fingerprint density at radius 3 is 2.53 bits per heavy atom. The number of primary amides is 1. The molecule has 5 nitrogen and oxygen atoms in total. The summed E-state index contributed by atoms with van der Waals surface area (Å²) in [6, 6.07) is 5.21. The van der Waals surface area contributed by atoms with Crippen molar-refractivity contribution in [2.75, 3.05) is 0 Å². The second-order valence-corrected chi connectivity index (χ2v) is 5.10. The molecule has 19 heavy (non-hydrogen) atoms. The molecule has 0 atom stereocenters. The second kappa shape index (κ2) is 5.01. The highest BCUT2D eigenvalue weighted by atomic mass is 16.4. The van der Waals surface area contributed by atoms with E-state index in [0.717, 1.165) is 17.5 Å². The number of carboxylic acids is 1. The maximum Gasteiger partial charge on any atom is 0.323 e. The Balaban J connectivity index is 2.08. The van der Waals surface area contributed by atoms with Crippen LogP contribution in [0.15, 0.2) is 18.2 Å². The molecule has 2 rings (SSSR count). The van der Waals surface area contributed by atoms with Gasteiger partial charge in [-0.2, -0.15) is 0 Å². The summed E-state index contributed by atoms with van der Waals surface area (Å²) >= 11 is 0. The third-order valence-corrected chi connectivity index (χ3v) is 3.86. The molecule has 0 bridgehead atoms. The molecule has 4 N–H and O–H groups in total. The van der Waals surface area contributed by atoms with E-state index in [9.17, 15) is 14.7 Å². The van der Waals surface area contributed by atoms with Gasteiger partial charge in [0, 0.05) is 12.1 Å². The van der Waals surface area contributed by atoms with Crippen LogP contribution in [-0.4, -0.2) is 22.5 Å². The molecule has 1 aromatic rings. The van der Waals surface area contributed by atoms with Gasteiger partial charge in [0.05, 0.1) is 0 Å². The van der Waals surface area contributed by atoms with Gasteiger partial charge in [-0.25, -0.2) is 0 Å². The van der Waals surface area contributed by atoms with Crippen molar-refractivity contribution >= 4 is 11.9 Å². The summed E-state index contributed by atoms with van der Waals surface area (Å²) in [7, 11) is 0. The Hall–Kier alpha value is -1.88. The van der Waals surface area contributed by atoms with Crippen LogP contribution in [0.3, 0.4) is 0 Å². The van der Waals surface area contributed by atoms with Gasteiger partial charge in [0.2, 0.25) is 5.91 Å². The molecular weight excluding hydrogens is 244 g/mol. The summed E-state index contributed by atoms with van der Waals surface area (Å²) < 4.78 is 0. The van der Waals surface area contributed by atoms with Crippen LogP contribution in [0.25, 0.3) is 0 Å². The number of hydrogen-bond acceptors (Lipinski definition) is 3. The first kappa shape index (κ1) is 13.5. The number of carboxylic acid groups (broad SMARTS) is 1. The molecule has 0 radical (unpaired) electrons. The van der Waals surface area contributed by atoms with Gasteiger partial charge < -0.3 is 10.8 Å². The number of amides is 1. The quantitative estimate of drug-likeness (QED) is 0.743. The second-order valence-electron chi connectivity index (χ2n) is 5.10. The van der Waals surface area contributed by atoms with E-state index in [4.69, 9.17) is 5.73 Å². The van der Waals surface area contributed by atoms with E-state index in [1.165, 1.54) is 0 Å². The first-order chi connectivity index (χ1) is 8.94. The van der Waals surface area contributed by atoms with Gasteiger partial charge in [-0.3, -0.25) is 14.9 Å². The van der Waals surface area contributed by atoms with Crippen LogP contribution in [0.1, 0.15) is 40.7 Å². The third-order valence-electron chi connectivity index (χ3n) is 3.86. The monoisotopic (exact) mass is 262 g/mol. The van der Waals surface area contributed by atoms with Crippen LogP contribution in [0.4, 0.5) is 0 Å². The predicted octanol–water partition coefficient (Wildman–Crippen LogP) is 1.19. The van der Waals surface area contributed by atoms with Crippen LogP contribution < -0.4 is 11.1 Å². The van der Waals surface area contributed by atoms with E-state index in [-0.39, 0.29) is 0 Å². The molecule has 0 aliphatic heterocycles. The minimum Gasteiger partial charge on any atom is -0.480 e. The molecular formula is C14H18N2O3. The maximum absolute atomic E-state index is 11.2. The van der Waals surface area contributed by atoms with Crippen molar-refractivity contribution in [3.63, 3.8) is 0 Å². The van der Waals surface area contributed by atoms with E-state index >= 15 is 0 Å². The highest BCUT2D eigenvalue weighted by Crippen LogP contribution is 2.32. The Morgan fingerprint density at radius 1 is 1.42 bits per heavy atom. The van der Waals surface area contributed by atoms with E-state index in [1.807, 2.05) is 13.0 Å². The molecule has 1 fully saturated rings. The summed E-state index contributed by atoms with van der Waals surface area (Å²) in [6.45, 7) is 2.37. The molecule has 1 aliphatic rings. The SMILES string of the molecule is Cc1cc(C(N)=O)ccc1CNC1(C(=O)O)CCC1. The summed E-state index contributed by atoms with van der Waals surface area (Å²) in [5.41, 5.74) is 6.83. The van der Waals surface area contributed by atoms with Gasteiger partial charge in [-0.15, -0.1) is 0 Å². The molecule has 5 heteroatoms. The molecule has 0 saturated heterocycles. The Morgan fingerprint density at radius 2 is 2.11 bits per heavy atom. The molecule has 0 spiro atoms. The molecule has 0 unspecified atom stereocenters. The summed E-state index contributed by atoms with van der Waals surface area (Å²) in [4.78, 5) is 22.3. The number of nitrogens with one attached hydrogen (secondary N) is 1. The fraction of sp³-hybridized carbons (Fsp3) is 0.429. The van der Waals surface area contributed by atoms with Crippen molar-refractivity contribution in [2.45, 2.75) is 38.3 Å². The van der Waals surface area contributed by atoms with Crippen molar-refractivity contribution in [2.24, 2.45) is 5.73 Å². The zero-order valence-electron chi connectivity index (χ0n) is 10.9. The van der Waals surface area contributed by atoms with Gasteiger partial charge >= 0.3 is 5.97 Å². The number of rotatable bonds is 5. The number of hydrogen-bond donors (Lipinski definition) is 3. The fourth-order valence-electron chi connectivity index (χ4n) is 2.31. The highest BCUT2D eigenvalue weighted by Gasteiger charge is 2.43. The van der Waals surface area contributed by atoms with Crippen molar-refractivity contribution in [3.05, 3.63) is 34.9 Å². The minimum absolute atomic E-state index is 0.455. The van der Waals surface area contributed by atoms with E-state index in [1.54, 1.807) is 12.1 Å². The van der Waals surface area contributed by atoms with Crippen molar-refractivity contribution in [3.8, 4) is 0 Å². The van der Waals surface area contributed by atoms with E-state index in [2.05, 4.69) is 5.32 Å². The lowest BCUT2D eigenvalue weighted by molar-refractivity contribution is -0.148. The van der Waals surface area contributed by atoms with Crippen LogP contribution >= 0.6 is 0 Å². The van der Waals surface area contributed by atoms with Crippen molar-refractivity contribution in [1.82, 2.24) is 5.32 Å². The van der Waals surface area contributed by atoms with Gasteiger partial charge in [-0.05, 0) is 49.4 Å². The standard InChI is InChI=1S/C14H18N2O3/c1-9-7-10(12(15)17)3-4-11(9)8-16-14(13(18)19)5-2-6-14/h3-4,7,16H,2,5-6,8H2,1H3,(H2,15,17)(H,18,19). The van der Waals surface area contributed by atoms with Crippen molar-refractivity contribution < 1.29 is 14.7 Å². The molecule has 1 aromatic carbocycles. The number of aryl methyl sites for hydroxylation is 1. The lowest BCUT2D eigenvalue weighted by Gasteiger charge is -2.38. The summed E-state index contributed by atoms with van der Waals surface area (Å²) in [5.74, 6) is -1.24. The Labute approximate surface area is 111 Å². The van der Waals surface area contributed by atoms with Gasteiger partial charge in [0.1, 0.15) is 5.54 Å². The molecule has 0 heterocycles. The fourth-order valence-corrected chi connectivity index (χ4v) is 2.31. The number of carbonyl (C=O) groups is 2. The third kappa shape index (κ3) is 2.61. The minimum atomic E-state index is -0.787. The normalized spacial score (nSPS) is 16.7. The molecule has 0 aromatic heterocycles. The lowest BCUT2D eigenvalue weighted by atomic mass is 9.76. The zero-order chi connectivity index (χ0) is 14.0. The Bertz CT molecular complexity index is 521. The number of carbonyl (C=O) groups excluding carboxylic acids is 1. The first-order valence-electron chi connectivity index (χ1n) is 6.32. The molecule has 102 valence electrons. The molecule has 1 saturated carbocycles.